The van der Waals surface area contributed by atoms with Crippen LogP contribution in [0.2, 0.25) is 0 Å². The molecule has 0 atom stereocenters. The molecule has 3 amide bonds. The van der Waals surface area contributed by atoms with E-state index in [9.17, 15) is 14.4 Å². The number of carbonyl (C=O) groups is 3. The van der Waals surface area contributed by atoms with Crippen LogP contribution in [0.5, 0.6) is 0 Å². The maximum atomic E-state index is 11.3. The molecule has 0 fully saturated rings. The summed E-state index contributed by atoms with van der Waals surface area (Å²) in [4.78, 5) is 34.6. The number of nitrogens with one attached hydrogen (secondary N) is 2. The maximum Gasteiger partial charge on any atom is 0.234 e. The molecule has 0 unspecified atom stereocenters. The Morgan fingerprint density at radius 2 is 1.33 bits per heavy atom. The summed E-state index contributed by atoms with van der Waals surface area (Å²) < 4.78 is 0. The second-order valence-corrected chi connectivity index (χ2v) is 4.01. The number of carbonyl (C=O) groups excluding carboxylic acids is 3. The van der Waals surface area contributed by atoms with E-state index in [0.29, 0.717) is 26.2 Å². The Hall–Kier alpha value is -1.01. The van der Waals surface area contributed by atoms with Crippen LogP contribution in [0.25, 0.3) is 0 Å². The Bertz CT molecular complexity index is 278. The van der Waals surface area contributed by atoms with Crippen molar-refractivity contribution < 1.29 is 14.4 Å². The van der Waals surface area contributed by atoms with Gasteiger partial charge in [0.05, 0.1) is 0 Å². The molecule has 0 spiro atoms. The number of alkyl halides is 2. The van der Waals surface area contributed by atoms with Gasteiger partial charge in [0, 0.05) is 33.1 Å². The molecule has 0 aliphatic rings. The Kier molecular flexibility index (Phi) is 9.40. The number of hydrogen-bond donors (Lipinski definition) is 2. The van der Waals surface area contributed by atoms with Gasteiger partial charge in [0.2, 0.25) is 17.7 Å². The first-order valence-corrected chi connectivity index (χ1v) is 6.49. The van der Waals surface area contributed by atoms with Crippen LogP contribution in [0, 0.1) is 0 Å². The summed E-state index contributed by atoms with van der Waals surface area (Å²) in [5.74, 6) is -0.904. The van der Waals surface area contributed by atoms with Crippen molar-refractivity contribution in [1.82, 2.24) is 15.5 Å². The lowest BCUT2D eigenvalue weighted by Crippen LogP contribution is -2.42. The third-order valence-electron chi connectivity index (χ3n) is 2.10. The predicted molar refractivity (Wildman–Crippen MR) is 69.7 cm³/mol. The summed E-state index contributed by atoms with van der Waals surface area (Å²) in [6.07, 6.45) is 0. The fourth-order valence-corrected chi connectivity index (χ4v) is 1.37. The highest BCUT2D eigenvalue weighted by atomic mass is 35.5. The minimum atomic E-state index is -0.282. The van der Waals surface area contributed by atoms with Crippen LogP contribution in [0.4, 0.5) is 0 Å². The molecule has 0 aliphatic heterocycles. The standard InChI is InChI=1S/C10H17Cl2N3O3/c1-8(16)15(4-2-13-9(17)6-11)5-3-14-10(18)7-12/h2-7H2,1H3,(H,13,17)(H,14,18). The summed E-state index contributed by atoms with van der Waals surface area (Å²) in [5, 5.41) is 5.11. The summed E-state index contributed by atoms with van der Waals surface area (Å²) in [6, 6.07) is 0. The lowest BCUT2D eigenvalue weighted by molar-refractivity contribution is -0.129. The van der Waals surface area contributed by atoms with Crippen molar-refractivity contribution in [2.45, 2.75) is 6.92 Å². The number of nitrogens with zero attached hydrogens (tertiary/aromatic N) is 1. The first-order chi connectivity index (χ1) is 8.51. The van der Waals surface area contributed by atoms with Crippen molar-refractivity contribution in [2.24, 2.45) is 0 Å². The summed E-state index contributed by atoms with van der Waals surface area (Å²) in [6.45, 7) is 2.82. The summed E-state index contributed by atoms with van der Waals surface area (Å²) in [7, 11) is 0. The van der Waals surface area contributed by atoms with E-state index < -0.39 is 0 Å². The zero-order valence-corrected chi connectivity index (χ0v) is 11.7. The molecule has 18 heavy (non-hydrogen) atoms. The number of rotatable bonds is 8. The SMILES string of the molecule is CC(=O)N(CCNC(=O)CCl)CCNC(=O)CCl. The van der Waals surface area contributed by atoms with Crippen molar-refractivity contribution in [2.75, 3.05) is 37.9 Å². The van der Waals surface area contributed by atoms with Crippen LogP contribution < -0.4 is 10.6 Å². The molecule has 0 radical (unpaired) electrons. The lowest BCUT2D eigenvalue weighted by Gasteiger charge is -2.21. The van der Waals surface area contributed by atoms with Gasteiger partial charge in [0.15, 0.2) is 0 Å². The van der Waals surface area contributed by atoms with Crippen LogP contribution in [0.3, 0.4) is 0 Å². The average Bonchev–Trinajstić information content (AvgIpc) is 2.35. The quantitative estimate of drug-likeness (QED) is 0.596. The van der Waals surface area contributed by atoms with Crippen molar-refractivity contribution in [3.8, 4) is 0 Å². The van der Waals surface area contributed by atoms with Crippen molar-refractivity contribution in [3.63, 3.8) is 0 Å². The van der Waals surface area contributed by atoms with Gasteiger partial charge in [0.1, 0.15) is 11.8 Å². The third-order valence-corrected chi connectivity index (χ3v) is 2.58. The van der Waals surface area contributed by atoms with Gasteiger partial charge in [-0.2, -0.15) is 0 Å². The third kappa shape index (κ3) is 8.14. The highest BCUT2D eigenvalue weighted by Gasteiger charge is 2.09. The van der Waals surface area contributed by atoms with E-state index in [4.69, 9.17) is 23.2 Å². The molecule has 0 saturated heterocycles. The average molecular weight is 298 g/mol. The van der Waals surface area contributed by atoms with E-state index in [0.717, 1.165) is 0 Å². The van der Waals surface area contributed by atoms with E-state index in [1.54, 1.807) is 0 Å². The Balaban J connectivity index is 3.89. The molecule has 0 aromatic carbocycles. The van der Waals surface area contributed by atoms with E-state index in [1.807, 2.05) is 0 Å². The first-order valence-electron chi connectivity index (χ1n) is 5.42. The van der Waals surface area contributed by atoms with Gasteiger partial charge >= 0.3 is 0 Å². The van der Waals surface area contributed by atoms with Crippen LogP contribution in [-0.2, 0) is 14.4 Å². The number of hydrogen-bond acceptors (Lipinski definition) is 3. The van der Waals surface area contributed by atoms with Gasteiger partial charge < -0.3 is 15.5 Å². The summed E-state index contributed by atoms with van der Waals surface area (Å²) >= 11 is 10.6. The fourth-order valence-electron chi connectivity index (χ4n) is 1.18. The van der Waals surface area contributed by atoms with Gasteiger partial charge in [-0.05, 0) is 0 Å². The normalized spacial score (nSPS) is 9.72. The molecule has 0 aromatic rings. The van der Waals surface area contributed by atoms with Gasteiger partial charge in [-0.15, -0.1) is 23.2 Å². The van der Waals surface area contributed by atoms with Crippen LogP contribution >= 0.6 is 23.2 Å². The molecule has 0 aliphatic carbocycles. The first kappa shape index (κ1) is 17.0. The second kappa shape index (κ2) is 9.96. The number of amides is 3. The van der Waals surface area contributed by atoms with Crippen LogP contribution in [0.15, 0.2) is 0 Å². The molecule has 0 aromatic heterocycles. The highest BCUT2D eigenvalue weighted by molar-refractivity contribution is 6.27. The largest absolute Gasteiger partial charge is 0.353 e. The Morgan fingerprint density at radius 1 is 0.944 bits per heavy atom. The zero-order chi connectivity index (χ0) is 14.0. The molecule has 104 valence electrons. The Labute approximate surface area is 116 Å². The van der Waals surface area contributed by atoms with E-state index in [1.165, 1.54) is 11.8 Å². The molecular formula is C10H17Cl2N3O3. The van der Waals surface area contributed by atoms with Crippen molar-refractivity contribution in [3.05, 3.63) is 0 Å². The van der Waals surface area contributed by atoms with E-state index in [2.05, 4.69) is 10.6 Å². The van der Waals surface area contributed by atoms with Crippen LogP contribution in [-0.4, -0.2) is 60.6 Å². The second-order valence-electron chi connectivity index (χ2n) is 3.47. The van der Waals surface area contributed by atoms with Crippen molar-refractivity contribution >= 4 is 40.9 Å². The smallest absolute Gasteiger partial charge is 0.234 e. The maximum absolute atomic E-state index is 11.3. The van der Waals surface area contributed by atoms with E-state index in [-0.39, 0.29) is 29.5 Å². The topological polar surface area (TPSA) is 78.5 Å². The molecule has 0 rings (SSSR count). The Morgan fingerprint density at radius 3 is 1.61 bits per heavy atom. The lowest BCUT2D eigenvalue weighted by atomic mass is 10.4. The molecular weight excluding hydrogens is 281 g/mol. The van der Waals surface area contributed by atoms with Crippen molar-refractivity contribution in [1.29, 1.82) is 0 Å². The van der Waals surface area contributed by atoms with Gasteiger partial charge in [-0.1, -0.05) is 0 Å². The van der Waals surface area contributed by atoms with Gasteiger partial charge in [0.25, 0.3) is 0 Å². The minimum Gasteiger partial charge on any atom is -0.353 e. The minimum absolute atomic E-state index is 0.105. The molecule has 0 saturated carbocycles. The molecule has 2 N–H and O–H groups in total. The van der Waals surface area contributed by atoms with Gasteiger partial charge in [-0.3, -0.25) is 14.4 Å². The zero-order valence-electron chi connectivity index (χ0n) is 10.2. The van der Waals surface area contributed by atoms with E-state index >= 15 is 0 Å². The van der Waals surface area contributed by atoms with Gasteiger partial charge in [-0.25, -0.2) is 0 Å². The molecule has 6 nitrogen and oxygen atoms in total. The van der Waals surface area contributed by atoms with Crippen LogP contribution in [0.1, 0.15) is 6.92 Å². The molecule has 0 heterocycles. The monoisotopic (exact) mass is 297 g/mol. The molecule has 8 heteroatoms. The molecule has 0 bridgehead atoms. The highest BCUT2D eigenvalue weighted by Crippen LogP contribution is 1.88. The summed E-state index contributed by atoms with van der Waals surface area (Å²) in [5.41, 5.74) is 0. The predicted octanol–water partition coefficient (Wildman–Crippen LogP) is -0.455. The number of halogens is 2. The fraction of sp³-hybridized carbons (Fsp3) is 0.700.